The number of rotatable bonds is 5. The molecule has 0 atom stereocenters. The number of hydrogen-bond acceptors (Lipinski definition) is 4. The molecule has 0 radical (unpaired) electrons. The molecular weight excluding hydrogens is 414 g/mol. The van der Waals surface area contributed by atoms with Crippen molar-refractivity contribution in [3.63, 3.8) is 0 Å². The third-order valence-electron chi connectivity index (χ3n) is 6.15. The highest BCUT2D eigenvalue weighted by Crippen LogP contribution is 2.30. The average molecular weight is 444 g/mol. The molecule has 0 spiro atoms. The van der Waals surface area contributed by atoms with Crippen LogP contribution in [0.1, 0.15) is 47.9 Å². The molecule has 6 nitrogen and oxygen atoms in total. The van der Waals surface area contributed by atoms with Gasteiger partial charge in [-0.05, 0) is 47.9 Å². The van der Waals surface area contributed by atoms with Crippen molar-refractivity contribution in [2.45, 2.75) is 58.0 Å². The molecule has 1 saturated carbocycles. The highest BCUT2D eigenvalue weighted by atomic mass is 35.5. The van der Waals surface area contributed by atoms with Gasteiger partial charge in [-0.15, -0.1) is 12.4 Å². The van der Waals surface area contributed by atoms with Crippen molar-refractivity contribution in [3.8, 4) is 0 Å². The Bertz CT molecular complexity index is 898. The van der Waals surface area contributed by atoms with Crippen molar-refractivity contribution in [1.29, 1.82) is 0 Å². The molecule has 3 N–H and O–H groups in total. The predicted octanol–water partition coefficient (Wildman–Crippen LogP) is 3.89. The Morgan fingerprint density at radius 1 is 0.968 bits per heavy atom. The maximum Gasteiger partial charge on any atom is 0.407 e. The van der Waals surface area contributed by atoms with Gasteiger partial charge < -0.3 is 20.7 Å². The first-order chi connectivity index (χ1) is 14.6. The lowest BCUT2D eigenvalue weighted by Crippen LogP contribution is -2.41. The van der Waals surface area contributed by atoms with Crippen LogP contribution in [0.25, 0.3) is 0 Å². The van der Waals surface area contributed by atoms with Crippen LogP contribution in [-0.2, 0) is 35.8 Å². The molecular formula is C24H30ClN3O3. The molecule has 31 heavy (non-hydrogen) atoms. The van der Waals surface area contributed by atoms with Crippen LogP contribution in [0.2, 0.25) is 0 Å². The molecule has 0 bridgehead atoms. The van der Waals surface area contributed by atoms with Crippen molar-refractivity contribution in [3.05, 3.63) is 70.8 Å². The topological polar surface area (TPSA) is 84.7 Å². The second-order valence-electron chi connectivity index (χ2n) is 8.26. The monoisotopic (exact) mass is 443 g/mol. The predicted molar refractivity (Wildman–Crippen MR) is 121 cm³/mol. The minimum atomic E-state index is -0.390. The summed E-state index contributed by atoms with van der Waals surface area (Å²) in [5.74, 6) is 0.261. The highest BCUT2D eigenvalue weighted by molar-refractivity contribution is 5.85. The largest absolute Gasteiger partial charge is 0.445 e. The lowest BCUT2D eigenvalue weighted by Gasteiger charge is -2.30. The Labute approximate surface area is 189 Å². The number of nitrogens with one attached hydrogen (secondary N) is 1. The fourth-order valence-electron chi connectivity index (χ4n) is 4.41. The Hall–Kier alpha value is -2.57. The van der Waals surface area contributed by atoms with Gasteiger partial charge in [0.15, 0.2) is 0 Å². The van der Waals surface area contributed by atoms with E-state index in [-0.39, 0.29) is 43.0 Å². The Morgan fingerprint density at radius 3 is 2.39 bits per heavy atom. The summed E-state index contributed by atoms with van der Waals surface area (Å²) in [6.07, 6.45) is 2.80. The van der Waals surface area contributed by atoms with Gasteiger partial charge in [0.25, 0.3) is 0 Å². The van der Waals surface area contributed by atoms with E-state index in [1.54, 1.807) is 0 Å². The quantitative estimate of drug-likeness (QED) is 0.734. The number of amides is 2. The van der Waals surface area contributed by atoms with E-state index in [0.29, 0.717) is 19.6 Å². The van der Waals surface area contributed by atoms with Gasteiger partial charge in [-0.1, -0.05) is 48.5 Å². The summed E-state index contributed by atoms with van der Waals surface area (Å²) < 4.78 is 5.31. The van der Waals surface area contributed by atoms with Crippen molar-refractivity contribution < 1.29 is 14.3 Å². The molecule has 2 aromatic rings. The molecule has 1 aliphatic carbocycles. The van der Waals surface area contributed by atoms with Crippen LogP contribution in [0.5, 0.6) is 0 Å². The maximum absolute atomic E-state index is 13.0. The van der Waals surface area contributed by atoms with Gasteiger partial charge in [0.2, 0.25) is 5.91 Å². The Balaban J connectivity index is 0.00000272. The normalized spacial score (nSPS) is 19.8. The molecule has 1 aliphatic heterocycles. The van der Waals surface area contributed by atoms with Gasteiger partial charge >= 0.3 is 6.09 Å². The second-order valence-corrected chi connectivity index (χ2v) is 8.26. The number of ether oxygens (including phenoxy) is 1. The number of nitrogens with two attached hydrogens (primary N) is 1. The van der Waals surface area contributed by atoms with E-state index in [1.807, 2.05) is 41.3 Å². The zero-order valence-corrected chi connectivity index (χ0v) is 18.4. The van der Waals surface area contributed by atoms with Crippen LogP contribution < -0.4 is 11.1 Å². The third-order valence-corrected chi connectivity index (χ3v) is 6.15. The number of hydrogen-bond donors (Lipinski definition) is 2. The van der Waals surface area contributed by atoms with Crippen LogP contribution >= 0.6 is 12.4 Å². The molecule has 2 aromatic carbocycles. The number of halogens is 1. The Kier molecular flexibility index (Phi) is 7.93. The van der Waals surface area contributed by atoms with Crippen LogP contribution in [-0.4, -0.2) is 22.9 Å². The zero-order valence-electron chi connectivity index (χ0n) is 17.6. The van der Waals surface area contributed by atoms with Gasteiger partial charge in [0.1, 0.15) is 6.61 Å². The van der Waals surface area contributed by atoms with Crippen LogP contribution in [0, 0.1) is 5.92 Å². The molecule has 1 heterocycles. The number of fused-ring (bicyclic) bond motifs is 1. The van der Waals surface area contributed by atoms with E-state index in [1.165, 1.54) is 11.1 Å². The van der Waals surface area contributed by atoms with E-state index in [0.717, 1.165) is 36.8 Å². The third kappa shape index (κ3) is 5.77. The molecule has 2 aliphatic rings. The van der Waals surface area contributed by atoms with Crippen molar-refractivity contribution in [1.82, 2.24) is 10.2 Å². The first kappa shape index (κ1) is 23.1. The van der Waals surface area contributed by atoms with Gasteiger partial charge in [0, 0.05) is 31.6 Å². The molecule has 1 fully saturated rings. The second kappa shape index (κ2) is 10.6. The van der Waals surface area contributed by atoms with Gasteiger partial charge in [-0.25, -0.2) is 4.79 Å². The summed E-state index contributed by atoms with van der Waals surface area (Å²) in [6, 6.07) is 15.9. The highest BCUT2D eigenvalue weighted by Gasteiger charge is 2.32. The molecule has 0 aromatic heterocycles. The standard InChI is InChI=1S/C24H29N3O3.ClH/c25-13-18-6-7-20-14-27(15-21(20)12-18)23(28)19-8-10-22(11-9-19)26-24(29)30-16-17-4-2-1-3-5-17;/h1-7,12,19,22H,8-11,13-16,25H2,(H,26,29);1H/t19-,22-;. The minimum Gasteiger partial charge on any atom is -0.445 e. The van der Waals surface area contributed by atoms with Crippen LogP contribution in [0.3, 0.4) is 0 Å². The molecule has 4 rings (SSSR count). The summed E-state index contributed by atoms with van der Waals surface area (Å²) in [4.78, 5) is 27.0. The van der Waals surface area contributed by atoms with Crippen LogP contribution in [0.15, 0.2) is 48.5 Å². The first-order valence-electron chi connectivity index (χ1n) is 10.7. The summed E-state index contributed by atoms with van der Waals surface area (Å²) in [5.41, 5.74) is 10.2. The Morgan fingerprint density at radius 2 is 1.68 bits per heavy atom. The van der Waals surface area contributed by atoms with Gasteiger partial charge in [-0.3, -0.25) is 4.79 Å². The fourth-order valence-corrected chi connectivity index (χ4v) is 4.41. The zero-order chi connectivity index (χ0) is 20.9. The van der Waals surface area contributed by atoms with Crippen molar-refractivity contribution >= 4 is 24.4 Å². The lowest BCUT2D eigenvalue weighted by atomic mass is 9.85. The van der Waals surface area contributed by atoms with E-state index in [9.17, 15) is 9.59 Å². The van der Waals surface area contributed by atoms with E-state index < -0.39 is 0 Å². The van der Waals surface area contributed by atoms with E-state index in [4.69, 9.17) is 10.5 Å². The molecule has 7 heteroatoms. The smallest absolute Gasteiger partial charge is 0.407 e. The lowest BCUT2D eigenvalue weighted by molar-refractivity contribution is -0.137. The average Bonchev–Trinajstić information content (AvgIpc) is 3.22. The molecule has 0 unspecified atom stereocenters. The number of alkyl carbamates (subject to hydrolysis) is 1. The fraction of sp³-hybridized carbons (Fsp3) is 0.417. The number of benzene rings is 2. The van der Waals surface area contributed by atoms with Crippen molar-refractivity contribution in [2.24, 2.45) is 11.7 Å². The molecule has 0 saturated heterocycles. The molecule has 2 amide bonds. The summed E-state index contributed by atoms with van der Waals surface area (Å²) >= 11 is 0. The van der Waals surface area contributed by atoms with E-state index in [2.05, 4.69) is 17.4 Å². The number of nitrogens with zero attached hydrogens (tertiary/aromatic N) is 1. The van der Waals surface area contributed by atoms with Gasteiger partial charge in [-0.2, -0.15) is 0 Å². The van der Waals surface area contributed by atoms with E-state index >= 15 is 0 Å². The SMILES string of the molecule is Cl.NCc1ccc2c(c1)CN(C(=O)[C@H]1CC[C@H](NC(=O)OCc3ccccc3)CC1)C2. The summed E-state index contributed by atoms with van der Waals surface area (Å²) in [5, 5.41) is 2.95. The number of carbonyl (C=O) groups excluding carboxylic acids is 2. The number of carbonyl (C=O) groups is 2. The summed E-state index contributed by atoms with van der Waals surface area (Å²) in [7, 11) is 0. The van der Waals surface area contributed by atoms with Crippen LogP contribution in [0.4, 0.5) is 4.79 Å². The van der Waals surface area contributed by atoms with Gasteiger partial charge in [0.05, 0.1) is 0 Å². The minimum absolute atomic E-state index is 0. The maximum atomic E-state index is 13.0. The molecule has 166 valence electrons. The first-order valence-corrected chi connectivity index (χ1v) is 10.7. The van der Waals surface area contributed by atoms with Crippen molar-refractivity contribution in [2.75, 3.05) is 0 Å². The summed E-state index contributed by atoms with van der Waals surface area (Å²) in [6.45, 7) is 2.14.